The summed E-state index contributed by atoms with van der Waals surface area (Å²) in [7, 11) is 1.72. The van der Waals surface area contributed by atoms with Gasteiger partial charge in [-0.2, -0.15) is 0 Å². The van der Waals surface area contributed by atoms with Crippen LogP contribution in [0.15, 0.2) is 29.3 Å². The van der Waals surface area contributed by atoms with Crippen molar-refractivity contribution in [3.05, 3.63) is 29.8 Å². The third-order valence-corrected chi connectivity index (χ3v) is 4.79. The minimum absolute atomic E-state index is 0. The molecule has 0 aliphatic carbocycles. The van der Waals surface area contributed by atoms with Crippen molar-refractivity contribution >= 4 is 29.9 Å². The Bertz CT molecular complexity index is 565. The molecule has 6 nitrogen and oxygen atoms in total. The number of rotatable bonds is 11. The normalized spacial score (nSPS) is 15.8. The van der Waals surface area contributed by atoms with Gasteiger partial charge in [0.2, 0.25) is 0 Å². The molecule has 160 valence electrons. The summed E-state index contributed by atoms with van der Waals surface area (Å²) in [5, 5.41) is 6.76. The number of likely N-dealkylation sites (tertiary alicyclic amines) is 1. The topological polar surface area (TPSA) is 58.1 Å². The lowest BCUT2D eigenvalue weighted by Gasteiger charge is -2.27. The van der Waals surface area contributed by atoms with Crippen LogP contribution in [0.4, 0.5) is 0 Å². The number of hydrogen-bond donors (Lipinski definition) is 2. The monoisotopic (exact) mass is 504 g/mol. The second-order valence-corrected chi connectivity index (χ2v) is 6.73. The first-order chi connectivity index (χ1) is 13.3. The van der Waals surface area contributed by atoms with Gasteiger partial charge >= 0.3 is 0 Å². The molecular formula is C21H37IN4O2. The zero-order chi connectivity index (χ0) is 19.3. The van der Waals surface area contributed by atoms with E-state index in [0.29, 0.717) is 0 Å². The fourth-order valence-electron chi connectivity index (χ4n) is 3.38. The Hall–Kier alpha value is -1.06. The van der Waals surface area contributed by atoms with E-state index in [1.807, 2.05) is 13.0 Å². The van der Waals surface area contributed by atoms with Gasteiger partial charge in [-0.05, 0) is 63.9 Å². The van der Waals surface area contributed by atoms with Crippen LogP contribution in [-0.4, -0.2) is 63.9 Å². The van der Waals surface area contributed by atoms with Crippen molar-refractivity contribution in [2.24, 2.45) is 4.99 Å². The number of hydrogen-bond acceptors (Lipinski definition) is 4. The molecular weight excluding hydrogens is 467 g/mol. The second-order valence-electron chi connectivity index (χ2n) is 6.73. The SMILES string of the molecule is CCNC(=NCC(c1cccc(OC)c1)N1CCCC1)NCCCOCC.I. The highest BCUT2D eigenvalue weighted by Crippen LogP contribution is 2.27. The molecule has 2 N–H and O–H groups in total. The maximum absolute atomic E-state index is 5.43. The lowest BCUT2D eigenvalue weighted by atomic mass is 10.1. The van der Waals surface area contributed by atoms with E-state index in [0.717, 1.165) is 64.1 Å². The van der Waals surface area contributed by atoms with Crippen molar-refractivity contribution in [2.75, 3.05) is 53.0 Å². The molecule has 1 fully saturated rings. The highest BCUT2D eigenvalue weighted by Gasteiger charge is 2.23. The lowest BCUT2D eigenvalue weighted by Crippen LogP contribution is -2.39. The molecule has 0 bridgehead atoms. The van der Waals surface area contributed by atoms with Crippen molar-refractivity contribution < 1.29 is 9.47 Å². The standard InChI is InChI=1S/C21H36N4O2.HI/c1-4-22-21(23-12-9-15-27-5-2)24-17-20(25-13-6-7-14-25)18-10-8-11-19(16-18)26-3;/h8,10-11,16,20H,4-7,9,12-15,17H2,1-3H3,(H2,22,23,24);1H. The molecule has 1 saturated heterocycles. The third kappa shape index (κ3) is 8.53. The Kier molecular flexibility index (Phi) is 13.3. The molecule has 2 rings (SSSR count). The van der Waals surface area contributed by atoms with Crippen LogP contribution in [0.1, 0.15) is 44.7 Å². The number of methoxy groups -OCH3 is 1. The smallest absolute Gasteiger partial charge is 0.191 e. The molecule has 28 heavy (non-hydrogen) atoms. The summed E-state index contributed by atoms with van der Waals surface area (Å²) in [6.07, 6.45) is 3.50. The van der Waals surface area contributed by atoms with Crippen molar-refractivity contribution in [1.29, 1.82) is 0 Å². The average Bonchev–Trinajstić information content (AvgIpc) is 3.22. The summed E-state index contributed by atoms with van der Waals surface area (Å²) >= 11 is 0. The van der Waals surface area contributed by atoms with E-state index in [2.05, 4.69) is 40.7 Å². The zero-order valence-electron chi connectivity index (χ0n) is 17.6. The van der Waals surface area contributed by atoms with E-state index in [4.69, 9.17) is 14.5 Å². The van der Waals surface area contributed by atoms with Crippen LogP contribution >= 0.6 is 24.0 Å². The zero-order valence-corrected chi connectivity index (χ0v) is 19.9. The molecule has 1 heterocycles. The molecule has 1 aromatic carbocycles. The van der Waals surface area contributed by atoms with Gasteiger partial charge in [-0.1, -0.05) is 12.1 Å². The first-order valence-electron chi connectivity index (χ1n) is 10.3. The van der Waals surface area contributed by atoms with E-state index >= 15 is 0 Å². The second kappa shape index (κ2) is 14.9. The third-order valence-electron chi connectivity index (χ3n) is 4.79. The quantitative estimate of drug-likeness (QED) is 0.209. The first-order valence-corrected chi connectivity index (χ1v) is 10.3. The van der Waals surface area contributed by atoms with Gasteiger partial charge in [0.15, 0.2) is 5.96 Å². The highest BCUT2D eigenvalue weighted by molar-refractivity contribution is 14.0. The Labute approximate surface area is 187 Å². The number of ether oxygens (including phenoxy) is 2. The summed E-state index contributed by atoms with van der Waals surface area (Å²) in [6.45, 7) is 10.4. The molecule has 7 heteroatoms. The summed E-state index contributed by atoms with van der Waals surface area (Å²) in [4.78, 5) is 7.42. The molecule has 0 radical (unpaired) electrons. The van der Waals surface area contributed by atoms with E-state index in [1.54, 1.807) is 7.11 Å². The fraction of sp³-hybridized carbons (Fsp3) is 0.667. The van der Waals surface area contributed by atoms with Crippen LogP contribution in [0.3, 0.4) is 0 Å². The number of benzene rings is 1. The van der Waals surface area contributed by atoms with Crippen LogP contribution in [0, 0.1) is 0 Å². The number of nitrogens with zero attached hydrogens (tertiary/aromatic N) is 2. The van der Waals surface area contributed by atoms with Gasteiger partial charge in [-0.3, -0.25) is 9.89 Å². The van der Waals surface area contributed by atoms with E-state index in [-0.39, 0.29) is 30.0 Å². The van der Waals surface area contributed by atoms with Gasteiger partial charge in [-0.15, -0.1) is 24.0 Å². The lowest BCUT2D eigenvalue weighted by molar-refractivity contribution is 0.145. The first kappa shape index (κ1) is 25.0. The minimum atomic E-state index is 0. The van der Waals surface area contributed by atoms with Crippen LogP contribution in [0.25, 0.3) is 0 Å². The van der Waals surface area contributed by atoms with Crippen molar-refractivity contribution in [2.45, 2.75) is 39.2 Å². The summed E-state index contributed by atoms with van der Waals surface area (Å²) in [6, 6.07) is 8.67. The van der Waals surface area contributed by atoms with Crippen molar-refractivity contribution in [3.8, 4) is 5.75 Å². The van der Waals surface area contributed by atoms with E-state index < -0.39 is 0 Å². The maximum Gasteiger partial charge on any atom is 0.191 e. The number of guanidine groups is 1. The Morgan fingerprint density at radius 3 is 2.68 bits per heavy atom. The molecule has 0 saturated carbocycles. The van der Waals surface area contributed by atoms with Crippen molar-refractivity contribution in [3.63, 3.8) is 0 Å². The van der Waals surface area contributed by atoms with Gasteiger partial charge in [0.05, 0.1) is 19.7 Å². The molecule has 0 spiro atoms. The van der Waals surface area contributed by atoms with Gasteiger partial charge in [0, 0.05) is 26.3 Å². The molecule has 0 amide bonds. The predicted octanol–water partition coefficient (Wildman–Crippen LogP) is 3.43. The predicted molar refractivity (Wildman–Crippen MR) is 127 cm³/mol. The molecule has 1 atom stereocenters. The minimum Gasteiger partial charge on any atom is -0.497 e. The molecule has 0 aromatic heterocycles. The van der Waals surface area contributed by atoms with Crippen molar-refractivity contribution in [1.82, 2.24) is 15.5 Å². The Morgan fingerprint density at radius 2 is 2.00 bits per heavy atom. The number of nitrogens with one attached hydrogen (secondary N) is 2. The number of halogens is 1. The Balaban J connectivity index is 0.00000392. The van der Waals surface area contributed by atoms with Gasteiger partial charge in [-0.25, -0.2) is 0 Å². The van der Waals surface area contributed by atoms with Crippen LogP contribution in [0.5, 0.6) is 5.75 Å². The maximum atomic E-state index is 5.43. The summed E-state index contributed by atoms with van der Waals surface area (Å²) < 4.78 is 10.8. The fourth-order valence-corrected chi connectivity index (χ4v) is 3.38. The largest absolute Gasteiger partial charge is 0.497 e. The summed E-state index contributed by atoms with van der Waals surface area (Å²) in [5.74, 6) is 1.78. The highest BCUT2D eigenvalue weighted by atomic mass is 127. The van der Waals surface area contributed by atoms with Crippen LogP contribution < -0.4 is 15.4 Å². The van der Waals surface area contributed by atoms with Gasteiger partial charge < -0.3 is 20.1 Å². The summed E-state index contributed by atoms with van der Waals surface area (Å²) in [5.41, 5.74) is 1.27. The van der Waals surface area contributed by atoms with Crippen LogP contribution in [-0.2, 0) is 4.74 Å². The van der Waals surface area contributed by atoms with E-state index in [1.165, 1.54) is 18.4 Å². The van der Waals surface area contributed by atoms with Gasteiger partial charge in [0.1, 0.15) is 5.75 Å². The molecule has 1 aliphatic heterocycles. The molecule has 1 unspecified atom stereocenters. The average molecular weight is 504 g/mol. The number of aliphatic imine (C=N–C) groups is 1. The Morgan fingerprint density at radius 1 is 1.21 bits per heavy atom. The van der Waals surface area contributed by atoms with E-state index in [9.17, 15) is 0 Å². The van der Waals surface area contributed by atoms with Gasteiger partial charge in [0.25, 0.3) is 0 Å². The molecule has 1 aromatic rings. The van der Waals surface area contributed by atoms with Crippen LogP contribution in [0.2, 0.25) is 0 Å². The molecule has 1 aliphatic rings.